The zero-order chi connectivity index (χ0) is 24.0. The summed E-state index contributed by atoms with van der Waals surface area (Å²) in [6.07, 6.45) is 1.73. The number of carbonyl (C=O) groups is 1. The third-order valence-corrected chi connectivity index (χ3v) is 5.82. The molecular weight excluding hydrogens is 428 g/mol. The number of carboxylic acids is 1. The third kappa shape index (κ3) is 5.83. The Balaban J connectivity index is 1.31. The molecule has 0 aliphatic rings. The monoisotopic (exact) mass is 458 g/mol. The zero-order valence-electron chi connectivity index (χ0n) is 19.5. The Hall–Kier alpha value is -3.64. The van der Waals surface area contributed by atoms with E-state index in [9.17, 15) is 9.90 Å². The van der Waals surface area contributed by atoms with Crippen molar-refractivity contribution in [1.82, 2.24) is 10.3 Å². The average Bonchev–Trinajstić information content (AvgIpc) is 3.26. The molecule has 3 aromatic carbocycles. The lowest BCUT2D eigenvalue weighted by molar-refractivity contribution is -0.152. The molecule has 4 rings (SSSR count). The number of oxazole rings is 1. The second kappa shape index (κ2) is 10.5. The van der Waals surface area contributed by atoms with Gasteiger partial charge >= 0.3 is 5.97 Å². The molecule has 0 bridgehead atoms. The van der Waals surface area contributed by atoms with Gasteiger partial charge in [0.05, 0.1) is 5.92 Å². The summed E-state index contributed by atoms with van der Waals surface area (Å²) in [5.74, 6) is 0.379. The maximum absolute atomic E-state index is 11.2. The van der Waals surface area contributed by atoms with E-state index in [4.69, 9.17) is 14.1 Å². The number of para-hydroxylation sites is 2. The Kier molecular flexibility index (Phi) is 7.28. The Bertz CT molecular complexity index is 1180. The van der Waals surface area contributed by atoms with E-state index in [1.165, 1.54) is 19.4 Å². The van der Waals surface area contributed by atoms with Crippen molar-refractivity contribution in [3.8, 4) is 5.75 Å². The molecule has 2 N–H and O–H groups in total. The summed E-state index contributed by atoms with van der Waals surface area (Å²) in [4.78, 5) is 16.0. The summed E-state index contributed by atoms with van der Waals surface area (Å²) in [6, 6.07) is 25.8. The van der Waals surface area contributed by atoms with Gasteiger partial charge in [-0.25, -0.2) is 9.78 Å². The van der Waals surface area contributed by atoms with Crippen molar-refractivity contribution in [2.75, 3.05) is 13.1 Å². The number of benzene rings is 3. The largest absolute Gasteiger partial charge is 0.478 e. The van der Waals surface area contributed by atoms with Crippen LogP contribution in [0.1, 0.15) is 43.2 Å². The standard InChI is InChI=1S/C28H30N2O4/c1-28(2,27(31)32)34-22-14-12-20(13-15-22)16-18-29-19-17-23(21-8-4-3-5-9-21)26-30-24-10-6-7-11-25(24)33-26/h3-15,23,29H,16-19H2,1-2H3,(H,31,32). The minimum atomic E-state index is -1.26. The summed E-state index contributed by atoms with van der Waals surface area (Å²) >= 11 is 0. The van der Waals surface area contributed by atoms with Crippen LogP contribution in [0.5, 0.6) is 5.75 Å². The highest BCUT2D eigenvalue weighted by Gasteiger charge is 2.29. The molecule has 1 aromatic heterocycles. The van der Waals surface area contributed by atoms with Gasteiger partial charge in [0.25, 0.3) is 0 Å². The lowest BCUT2D eigenvalue weighted by Crippen LogP contribution is -2.37. The van der Waals surface area contributed by atoms with Crippen molar-refractivity contribution < 1.29 is 19.1 Å². The van der Waals surface area contributed by atoms with Crippen LogP contribution in [0.4, 0.5) is 0 Å². The van der Waals surface area contributed by atoms with Crippen molar-refractivity contribution in [1.29, 1.82) is 0 Å². The van der Waals surface area contributed by atoms with Gasteiger partial charge in [-0.15, -0.1) is 0 Å². The molecule has 6 heteroatoms. The highest BCUT2D eigenvalue weighted by atomic mass is 16.5. The van der Waals surface area contributed by atoms with E-state index in [2.05, 4.69) is 17.4 Å². The lowest BCUT2D eigenvalue weighted by atomic mass is 9.95. The van der Waals surface area contributed by atoms with Crippen molar-refractivity contribution >= 4 is 17.1 Å². The number of nitrogens with zero attached hydrogens (tertiary/aromatic N) is 1. The maximum Gasteiger partial charge on any atom is 0.347 e. The number of ether oxygens (including phenoxy) is 1. The van der Waals surface area contributed by atoms with E-state index in [0.717, 1.165) is 48.5 Å². The summed E-state index contributed by atoms with van der Waals surface area (Å²) in [5, 5.41) is 12.7. The Labute approximate surface area is 199 Å². The molecule has 0 saturated heterocycles. The Morgan fingerprint density at radius 1 is 1.00 bits per heavy atom. The maximum atomic E-state index is 11.2. The molecule has 0 fully saturated rings. The SMILES string of the molecule is CC(C)(Oc1ccc(CCNCCC(c2ccccc2)c2nc3ccccc3o2)cc1)C(=O)O. The summed E-state index contributed by atoms with van der Waals surface area (Å²) in [5.41, 5.74) is 2.78. The van der Waals surface area contributed by atoms with Gasteiger partial charge in [-0.2, -0.15) is 0 Å². The first-order valence-electron chi connectivity index (χ1n) is 11.5. The fourth-order valence-electron chi connectivity index (χ4n) is 3.82. The predicted molar refractivity (Wildman–Crippen MR) is 132 cm³/mol. The summed E-state index contributed by atoms with van der Waals surface area (Å²) in [6.45, 7) is 4.73. The molecule has 176 valence electrons. The second-order valence-corrected chi connectivity index (χ2v) is 8.83. The zero-order valence-corrected chi connectivity index (χ0v) is 19.5. The van der Waals surface area contributed by atoms with Crippen LogP contribution in [0.3, 0.4) is 0 Å². The molecule has 0 radical (unpaired) electrons. The van der Waals surface area contributed by atoms with Crippen LogP contribution in [-0.2, 0) is 11.2 Å². The topological polar surface area (TPSA) is 84.6 Å². The lowest BCUT2D eigenvalue weighted by Gasteiger charge is -2.21. The molecule has 1 unspecified atom stereocenters. The molecule has 0 spiro atoms. The van der Waals surface area contributed by atoms with Gasteiger partial charge in [-0.05, 0) is 75.2 Å². The van der Waals surface area contributed by atoms with Crippen LogP contribution in [0, 0.1) is 0 Å². The molecule has 0 saturated carbocycles. The molecule has 1 atom stereocenters. The highest BCUT2D eigenvalue weighted by Crippen LogP contribution is 2.29. The molecule has 0 aliphatic heterocycles. The van der Waals surface area contributed by atoms with Crippen molar-refractivity contribution in [2.24, 2.45) is 0 Å². The van der Waals surface area contributed by atoms with E-state index >= 15 is 0 Å². The minimum absolute atomic E-state index is 0.0788. The Morgan fingerprint density at radius 2 is 1.71 bits per heavy atom. The van der Waals surface area contributed by atoms with Gasteiger partial charge < -0.3 is 19.6 Å². The Morgan fingerprint density at radius 3 is 2.41 bits per heavy atom. The van der Waals surface area contributed by atoms with Crippen molar-refractivity contribution in [3.05, 3.63) is 95.9 Å². The van der Waals surface area contributed by atoms with E-state index < -0.39 is 11.6 Å². The minimum Gasteiger partial charge on any atom is -0.478 e. The van der Waals surface area contributed by atoms with E-state index in [-0.39, 0.29) is 5.92 Å². The normalized spacial score (nSPS) is 12.5. The van der Waals surface area contributed by atoms with Crippen LogP contribution in [0.2, 0.25) is 0 Å². The van der Waals surface area contributed by atoms with Gasteiger partial charge in [-0.3, -0.25) is 0 Å². The molecule has 34 heavy (non-hydrogen) atoms. The van der Waals surface area contributed by atoms with Crippen LogP contribution < -0.4 is 10.1 Å². The summed E-state index contributed by atoms with van der Waals surface area (Å²) in [7, 11) is 0. The van der Waals surface area contributed by atoms with Crippen molar-refractivity contribution in [2.45, 2.75) is 38.2 Å². The first-order chi connectivity index (χ1) is 16.4. The van der Waals surface area contributed by atoms with Crippen LogP contribution >= 0.6 is 0 Å². The van der Waals surface area contributed by atoms with E-state index in [0.29, 0.717) is 5.75 Å². The molecule has 1 heterocycles. The molecule has 6 nitrogen and oxygen atoms in total. The average molecular weight is 459 g/mol. The van der Waals surface area contributed by atoms with Gasteiger partial charge in [0.15, 0.2) is 11.2 Å². The number of hydrogen-bond donors (Lipinski definition) is 2. The number of nitrogens with one attached hydrogen (secondary N) is 1. The predicted octanol–water partition coefficient (Wildman–Crippen LogP) is 5.42. The molecule has 0 amide bonds. The van der Waals surface area contributed by atoms with Crippen LogP contribution in [-0.4, -0.2) is 34.8 Å². The quantitative estimate of drug-likeness (QED) is 0.292. The van der Waals surface area contributed by atoms with Crippen molar-refractivity contribution in [3.63, 3.8) is 0 Å². The van der Waals surface area contributed by atoms with Gasteiger partial charge in [0.2, 0.25) is 5.89 Å². The van der Waals surface area contributed by atoms with E-state index in [1.54, 1.807) is 0 Å². The number of carboxylic acid groups (broad SMARTS) is 1. The first kappa shape index (κ1) is 23.5. The van der Waals surface area contributed by atoms with Gasteiger partial charge in [-0.1, -0.05) is 54.6 Å². The molecular formula is C28H30N2O4. The van der Waals surface area contributed by atoms with Crippen LogP contribution in [0.25, 0.3) is 11.1 Å². The number of aliphatic carboxylic acids is 1. The fourth-order valence-corrected chi connectivity index (χ4v) is 3.82. The number of rotatable bonds is 11. The van der Waals surface area contributed by atoms with Gasteiger partial charge in [0.1, 0.15) is 11.3 Å². The molecule has 4 aromatic rings. The summed E-state index contributed by atoms with van der Waals surface area (Å²) < 4.78 is 11.6. The van der Waals surface area contributed by atoms with Gasteiger partial charge in [0, 0.05) is 0 Å². The van der Waals surface area contributed by atoms with Crippen LogP contribution in [0.15, 0.2) is 83.3 Å². The number of hydrogen-bond acceptors (Lipinski definition) is 5. The smallest absolute Gasteiger partial charge is 0.347 e. The second-order valence-electron chi connectivity index (χ2n) is 8.83. The number of aromatic nitrogens is 1. The van der Waals surface area contributed by atoms with E-state index in [1.807, 2.05) is 66.7 Å². The number of fused-ring (bicyclic) bond motifs is 1. The highest BCUT2D eigenvalue weighted by molar-refractivity contribution is 5.76. The third-order valence-electron chi connectivity index (χ3n) is 5.82. The fraction of sp³-hybridized carbons (Fsp3) is 0.286. The molecule has 0 aliphatic carbocycles. The first-order valence-corrected chi connectivity index (χ1v) is 11.5.